The van der Waals surface area contributed by atoms with Crippen LogP contribution >= 0.6 is 10.5 Å². The smallest absolute Gasteiger partial charge is 0.345 e. The van der Waals surface area contributed by atoms with Crippen LogP contribution in [0.1, 0.15) is 30.5 Å². The Morgan fingerprint density at radius 2 is 1.61 bits per heavy atom. The molecule has 146 valence electrons. The third-order valence-corrected chi connectivity index (χ3v) is 6.19. The molecule has 0 atom stereocenters. The summed E-state index contributed by atoms with van der Waals surface area (Å²) in [4.78, 5) is 13.6. The maximum atomic E-state index is 13.1. The Bertz CT molecular complexity index is 937. The van der Waals surface area contributed by atoms with E-state index in [4.69, 9.17) is 9.47 Å². The predicted octanol–water partition coefficient (Wildman–Crippen LogP) is 6.04. The quantitative estimate of drug-likeness (QED) is 0.374. The van der Waals surface area contributed by atoms with Crippen LogP contribution in [0.5, 0.6) is 5.75 Å². The fourth-order valence-corrected chi connectivity index (χ4v) is 4.64. The molecule has 0 unspecified atom stereocenters. The van der Waals surface area contributed by atoms with Crippen molar-refractivity contribution >= 4 is 16.4 Å². The van der Waals surface area contributed by atoms with Crippen molar-refractivity contribution in [2.45, 2.75) is 33.3 Å². The van der Waals surface area contributed by atoms with Gasteiger partial charge in [0.15, 0.2) is 11.5 Å². The zero-order valence-corrected chi connectivity index (χ0v) is 17.3. The van der Waals surface area contributed by atoms with Crippen LogP contribution in [-0.4, -0.2) is 12.6 Å². The first kappa shape index (κ1) is 20.1. The molecule has 1 aromatic heterocycles. The van der Waals surface area contributed by atoms with Gasteiger partial charge < -0.3 is 9.47 Å². The Labute approximate surface area is 167 Å². The van der Waals surface area contributed by atoms with Gasteiger partial charge in [0.2, 0.25) is 0 Å². The first-order chi connectivity index (χ1) is 13.3. The minimum atomic E-state index is -0.871. The van der Waals surface area contributed by atoms with Crippen molar-refractivity contribution in [2.75, 3.05) is 6.61 Å². The molecule has 1 heterocycles. The van der Waals surface area contributed by atoms with Gasteiger partial charge in [-0.25, -0.2) is 9.18 Å². The summed E-state index contributed by atoms with van der Waals surface area (Å²) in [6.07, 6.45) is 0. The predicted molar refractivity (Wildman–Crippen MR) is 111 cm³/mol. The fourth-order valence-electron chi connectivity index (χ4n) is 3.09. The largest absolute Gasteiger partial charge is 0.481 e. The molecule has 3 nitrogen and oxygen atoms in total. The van der Waals surface area contributed by atoms with Gasteiger partial charge in [-0.05, 0) is 68.7 Å². The molecule has 5 heteroatoms. The minimum absolute atomic E-state index is 0.00355. The van der Waals surface area contributed by atoms with Gasteiger partial charge >= 0.3 is 5.97 Å². The third-order valence-electron chi connectivity index (χ3n) is 4.51. The fraction of sp³-hybridized carbons (Fsp3) is 0.261. The second-order valence-corrected chi connectivity index (χ2v) is 8.95. The van der Waals surface area contributed by atoms with Gasteiger partial charge in [-0.1, -0.05) is 12.1 Å². The Balaban J connectivity index is 1.66. The molecule has 0 aliphatic heterocycles. The number of aryl methyl sites for hydroxylation is 2. The number of esters is 1. The van der Waals surface area contributed by atoms with Crippen molar-refractivity contribution in [3.05, 3.63) is 81.8 Å². The van der Waals surface area contributed by atoms with E-state index in [0.717, 1.165) is 16.7 Å². The van der Waals surface area contributed by atoms with Crippen LogP contribution in [0.15, 0.2) is 59.3 Å². The monoisotopic (exact) mass is 399 g/mol. The van der Waals surface area contributed by atoms with Crippen LogP contribution < -0.4 is 4.74 Å². The molecule has 28 heavy (non-hydrogen) atoms. The Kier molecular flexibility index (Phi) is 5.84. The number of carbonyl (C=O) groups excluding carboxylic acids is 1. The van der Waals surface area contributed by atoms with Crippen molar-refractivity contribution in [3.8, 4) is 10.6 Å². The summed E-state index contributed by atoms with van der Waals surface area (Å²) >= 11 is 0. The van der Waals surface area contributed by atoms with Crippen molar-refractivity contribution in [1.82, 2.24) is 0 Å². The topological polar surface area (TPSA) is 35.5 Å². The maximum absolute atomic E-state index is 13.1. The normalized spacial score (nSPS) is 11.3. The number of rotatable bonds is 6. The van der Waals surface area contributed by atoms with Crippen molar-refractivity contribution < 1.29 is 18.7 Å². The number of thiophene rings is 1. The lowest BCUT2D eigenvalue weighted by atomic mass is 9.98. The highest BCUT2D eigenvalue weighted by atomic mass is 32.2. The molecule has 0 saturated carbocycles. The molecular formula is C23H24FO3S+. The zero-order chi connectivity index (χ0) is 20.3. The van der Waals surface area contributed by atoms with E-state index in [1.807, 2.05) is 13.8 Å². The number of carbonyl (C=O) groups is 1. The number of hydrogen-bond acceptors (Lipinski definition) is 3. The molecule has 0 radical (unpaired) electrons. The Hall–Kier alpha value is -2.66. The van der Waals surface area contributed by atoms with Crippen LogP contribution in [0.4, 0.5) is 4.39 Å². The lowest BCUT2D eigenvalue weighted by molar-refractivity contribution is -0.159. The van der Waals surface area contributed by atoms with Gasteiger partial charge in [-0.15, -0.1) is 0 Å². The van der Waals surface area contributed by atoms with Gasteiger partial charge in [-0.2, -0.15) is 0 Å². The molecular weight excluding hydrogens is 375 g/mol. The van der Waals surface area contributed by atoms with Crippen molar-refractivity contribution in [2.24, 2.45) is 0 Å². The van der Waals surface area contributed by atoms with E-state index in [9.17, 15) is 9.18 Å². The number of hydrogen-bond donors (Lipinski definition) is 0. The van der Waals surface area contributed by atoms with Gasteiger partial charge in [0.1, 0.15) is 27.9 Å². The first-order valence-electron chi connectivity index (χ1n) is 9.05. The standard InChI is InChI=1S/C23H24FO3S/c1-16-13-20(28-11-5-6-12-28)14-17(2)22(16)26-15-21(25)27-23(3,4)18-7-9-19(24)10-8-18/h5-14H,15H2,1-4H3/q+1. The second-order valence-electron chi connectivity index (χ2n) is 7.19. The van der Waals surface area contributed by atoms with Crippen LogP contribution in [0.3, 0.4) is 0 Å². The molecule has 0 aliphatic carbocycles. The maximum Gasteiger partial charge on any atom is 0.345 e. The molecule has 0 bridgehead atoms. The Morgan fingerprint density at radius 3 is 2.18 bits per heavy atom. The summed E-state index contributed by atoms with van der Waals surface area (Å²) in [7, 11) is -0.00355. The van der Waals surface area contributed by atoms with E-state index >= 15 is 0 Å². The highest BCUT2D eigenvalue weighted by Crippen LogP contribution is 2.36. The van der Waals surface area contributed by atoms with Crippen LogP contribution in [0.2, 0.25) is 0 Å². The van der Waals surface area contributed by atoms with Gasteiger partial charge in [0.25, 0.3) is 0 Å². The molecule has 0 fully saturated rings. The van der Waals surface area contributed by atoms with Gasteiger partial charge in [-0.3, -0.25) is 0 Å². The van der Waals surface area contributed by atoms with E-state index in [1.165, 1.54) is 17.0 Å². The molecule has 0 spiro atoms. The zero-order valence-electron chi connectivity index (χ0n) is 16.5. The minimum Gasteiger partial charge on any atom is -0.481 e. The summed E-state index contributed by atoms with van der Waals surface area (Å²) in [6.45, 7) is 7.32. The van der Waals surface area contributed by atoms with Gasteiger partial charge in [0.05, 0.1) is 0 Å². The average Bonchev–Trinajstić information content (AvgIpc) is 3.15. The van der Waals surface area contributed by atoms with Crippen molar-refractivity contribution in [3.63, 3.8) is 0 Å². The number of benzene rings is 2. The highest BCUT2D eigenvalue weighted by Gasteiger charge is 2.26. The summed E-state index contributed by atoms with van der Waals surface area (Å²) in [5.74, 6) is -0.0930. The molecule has 3 rings (SSSR count). The van der Waals surface area contributed by atoms with E-state index in [0.29, 0.717) is 5.75 Å². The van der Waals surface area contributed by atoms with E-state index in [1.54, 1.807) is 26.0 Å². The van der Waals surface area contributed by atoms with E-state index < -0.39 is 11.6 Å². The van der Waals surface area contributed by atoms with Gasteiger partial charge in [0, 0.05) is 22.6 Å². The number of ether oxygens (including phenoxy) is 2. The summed E-state index contributed by atoms with van der Waals surface area (Å²) in [5.41, 5.74) is 1.82. The second kappa shape index (κ2) is 8.15. The first-order valence-corrected chi connectivity index (χ1v) is 10.4. The molecule has 0 amide bonds. The summed E-state index contributed by atoms with van der Waals surface area (Å²) < 4.78 is 24.5. The average molecular weight is 400 g/mol. The third kappa shape index (κ3) is 4.60. The SMILES string of the molecule is Cc1cc(-[s+]2cccc2)cc(C)c1OCC(=O)OC(C)(C)c1ccc(F)cc1. The van der Waals surface area contributed by atoms with E-state index in [-0.39, 0.29) is 22.9 Å². The summed E-state index contributed by atoms with van der Waals surface area (Å²) in [6, 6.07) is 14.2. The highest BCUT2D eigenvalue weighted by molar-refractivity contribution is 7.36. The number of halogens is 1. The molecule has 0 N–H and O–H groups in total. The van der Waals surface area contributed by atoms with Crippen LogP contribution in [0.25, 0.3) is 4.90 Å². The molecule has 2 aromatic carbocycles. The lowest BCUT2D eigenvalue weighted by Crippen LogP contribution is -2.28. The lowest BCUT2D eigenvalue weighted by Gasteiger charge is -2.25. The van der Waals surface area contributed by atoms with Crippen LogP contribution in [-0.2, 0) is 15.1 Å². The molecule has 0 aliphatic rings. The molecule has 0 saturated heterocycles. The molecule has 3 aromatic rings. The van der Waals surface area contributed by atoms with Crippen LogP contribution in [0, 0.1) is 19.7 Å². The summed E-state index contributed by atoms with van der Waals surface area (Å²) in [5, 5.41) is 4.34. The van der Waals surface area contributed by atoms with E-state index in [2.05, 4.69) is 35.0 Å². The van der Waals surface area contributed by atoms with Crippen molar-refractivity contribution in [1.29, 1.82) is 0 Å². The Morgan fingerprint density at radius 1 is 1.04 bits per heavy atom.